The predicted molar refractivity (Wildman–Crippen MR) is 184 cm³/mol. The number of fused-ring (bicyclic) bond motifs is 2. The van der Waals surface area contributed by atoms with Gasteiger partial charge in [0.25, 0.3) is 0 Å². The van der Waals surface area contributed by atoms with E-state index in [4.69, 9.17) is 9.47 Å². The second-order valence-electron chi connectivity index (χ2n) is 13.1. The summed E-state index contributed by atoms with van der Waals surface area (Å²) in [7, 11) is 0. The van der Waals surface area contributed by atoms with E-state index >= 15 is 0 Å². The van der Waals surface area contributed by atoms with Crippen molar-refractivity contribution in [1.29, 1.82) is 0 Å². The molecule has 3 aliphatic heterocycles. The first-order valence-corrected chi connectivity index (χ1v) is 16.8. The third-order valence-corrected chi connectivity index (χ3v) is 10.5. The van der Waals surface area contributed by atoms with Crippen LogP contribution in [0.3, 0.4) is 0 Å². The molecule has 248 valence electrons. The summed E-state index contributed by atoms with van der Waals surface area (Å²) in [6.07, 6.45) is 1.82. The fraction of sp³-hybridized carbons (Fsp3) is 0.359. The summed E-state index contributed by atoms with van der Waals surface area (Å²) < 4.78 is 12.5. The number of aliphatic hydroxyl groups excluding tert-OH is 1. The Balaban J connectivity index is 1.26. The zero-order valence-corrected chi connectivity index (χ0v) is 27.2. The molecular formula is C39H41N3O6. The molecule has 0 saturated carbocycles. The Morgan fingerprint density at radius 2 is 1.58 bits per heavy atom. The fourth-order valence-electron chi connectivity index (χ4n) is 8.38. The molecule has 3 fully saturated rings. The molecule has 48 heavy (non-hydrogen) atoms. The highest BCUT2D eigenvalue weighted by atomic mass is 16.5. The maximum absolute atomic E-state index is 14.8. The van der Waals surface area contributed by atoms with Gasteiger partial charge in [0, 0.05) is 11.4 Å². The van der Waals surface area contributed by atoms with E-state index in [1.165, 1.54) is 4.90 Å². The summed E-state index contributed by atoms with van der Waals surface area (Å²) in [5.41, 5.74) is -0.0439. The lowest BCUT2D eigenvalue weighted by Crippen LogP contribution is -2.57. The summed E-state index contributed by atoms with van der Waals surface area (Å²) in [5.74, 6) is -2.09. The number of ether oxygens (including phenoxy) is 2. The molecule has 3 amide bonds. The Hall–Kier alpha value is -4.73. The van der Waals surface area contributed by atoms with Crippen molar-refractivity contribution < 1.29 is 29.0 Å². The molecule has 1 spiro atoms. The SMILES string of the molecule is CCOc1ccc(NC(=O)[C@@H]2[C@H]3C(=O)N([C@@H](CO)Cc4ccccc4)C(C(=O)Nc4ccc5ccccc5c4)C34CC[C@@]2(CC)O4)cc1. The van der Waals surface area contributed by atoms with E-state index in [1.54, 1.807) is 24.3 Å². The molecule has 0 aliphatic carbocycles. The first-order valence-electron chi connectivity index (χ1n) is 16.8. The molecular weight excluding hydrogens is 606 g/mol. The molecule has 3 aliphatic rings. The first-order chi connectivity index (χ1) is 23.3. The Bertz CT molecular complexity index is 1830. The number of benzene rings is 4. The molecule has 0 radical (unpaired) electrons. The van der Waals surface area contributed by atoms with Gasteiger partial charge in [-0.1, -0.05) is 67.6 Å². The molecule has 3 N–H and O–H groups in total. The van der Waals surface area contributed by atoms with E-state index in [0.29, 0.717) is 49.4 Å². The molecule has 9 nitrogen and oxygen atoms in total. The van der Waals surface area contributed by atoms with Crippen LogP contribution in [0.15, 0.2) is 97.1 Å². The largest absolute Gasteiger partial charge is 0.494 e. The number of rotatable bonds is 11. The van der Waals surface area contributed by atoms with Gasteiger partial charge in [-0.05, 0) is 85.3 Å². The second-order valence-corrected chi connectivity index (χ2v) is 13.1. The van der Waals surface area contributed by atoms with E-state index < -0.39 is 41.0 Å². The molecule has 2 bridgehead atoms. The van der Waals surface area contributed by atoms with Crippen LogP contribution in [0.2, 0.25) is 0 Å². The number of aliphatic hydroxyl groups is 1. The van der Waals surface area contributed by atoms with E-state index in [-0.39, 0.29) is 18.4 Å². The highest BCUT2D eigenvalue weighted by Crippen LogP contribution is 2.64. The van der Waals surface area contributed by atoms with Crippen molar-refractivity contribution in [1.82, 2.24) is 4.90 Å². The number of hydrogen-bond acceptors (Lipinski definition) is 6. The average molecular weight is 648 g/mol. The smallest absolute Gasteiger partial charge is 0.250 e. The van der Waals surface area contributed by atoms with Crippen molar-refractivity contribution in [3.63, 3.8) is 0 Å². The molecule has 3 saturated heterocycles. The van der Waals surface area contributed by atoms with E-state index in [9.17, 15) is 19.5 Å². The number of likely N-dealkylation sites (tertiary alicyclic amines) is 1. The van der Waals surface area contributed by atoms with Crippen molar-refractivity contribution in [2.24, 2.45) is 11.8 Å². The van der Waals surface area contributed by atoms with Gasteiger partial charge in [-0.25, -0.2) is 0 Å². The maximum atomic E-state index is 14.8. The van der Waals surface area contributed by atoms with Crippen LogP contribution in [0.5, 0.6) is 5.75 Å². The molecule has 4 aromatic carbocycles. The van der Waals surface area contributed by atoms with Crippen LogP contribution in [0, 0.1) is 11.8 Å². The van der Waals surface area contributed by atoms with Crippen molar-refractivity contribution >= 4 is 39.9 Å². The summed E-state index contributed by atoms with van der Waals surface area (Å²) in [6.45, 7) is 4.05. The quantitative estimate of drug-likeness (QED) is 0.196. The van der Waals surface area contributed by atoms with Gasteiger partial charge in [-0.3, -0.25) is 14.4 Å². The molecule has 0 aromatic heterocycles. The van der Waals surface area contributed by atoms with E-state index in [0.717, 1.165) is 16.3 Å². The van der Waals surface area contributed by atoms with Crippen LogP contribution in [0.25, 0.3) is 10.8 Å². The highest BCUT2D eigenvalue weighted by molar-refractivity contribution is 6.06. The predicted octanol–water partition coefficient (Wildman–Crippen LogP) is 5.57. The van der Waals surface area contributed by atoms with Gasteiger partial charge in [0.1, 0.15) is 17.4 Å². The third kappa shape index (κ3) is 5.31. The highest BCUT2D eigenvalue weighted by Gasteiger charge is 2.79. The van der Waals surface area contributed by atoms with E-state index in [2.05, 4.69) is 10.6 Å². The third-order valence-electron chi connectivity index (χ3n) is 10.5. The second kappa shape index (κ2) is 12.7. The Morgan fingerprint density at radius 1 is 0.896 bits per heavy atom. The number of nitrogens with one attached hydrogen (secondary N) is 2. The summed E-state index contributed by atoms with van der Waals surface area (Å²) in [6, 6.07) is 28.5. The van der Waals surface area contributed by atoms with Gasteiger partial charge in [-0.15, -0.1) is 0 Å². The van der Waals surface area contributed by atoms with Gasteiger partial charge < -0.3 is 30.1 Å². The molecule has 7 rings (SSSR count). The first kappa shape index (κ1) is 31.8. The topological polar surface area (TPSA) is 117 Å². The minimum atomic E-state index is -1.24. The summed E-state index contributed by atoms with van der Waals surface area (Å²) in [5, 5.41) is 18.9. The van der Waals surface area contributed by atoms with Gasteiger partial charge in [-0.2, -0.15) is 0 Å². The van der Waals surface area contributed by atoms with Crippen molar-refractivity contribution in [3.05, 3.63) is 103 Å². The fourth-order valence-corrected chi connectivity index (χ4v) is 8.38. The molecule has 9 heteroatoms. The average Bonchev–Trinajstić information content (AvgIpc) is 3.72. The van der Waals surface area contributed by atoms with Gasteiger partial charge in [0.05, 0.1) is 36.7 Å². The van der Waals surface area contributed by atoms with Crippen LogP contribution in [0.4, 0.5) is 11.4 Å². The van der Waals surface area contributed by atoms with Gasteiger partial charge in [0.2, 0.25) is 17.7 Å². The number of hydrogen-bond donors (Lipinski definition) is 3. The maximum Gasteiger partial charge on any atom is 0.250 e. The Morgan fingerprint density at radius 3 is 2.29 bits per heavy atom. The Labute approximate surface area is 280 Å². The molecule has 6 atom stereocenters. The van der Waals surface area contributed by atoms with Gasteiger partial charge in [0.15, 0.2) is 0 Å². The molecule has 2 unspecified atom stereocenters. The van der Waals surface area contributed by atoms with Crippen LogP contribution >= 0.6 is 0 Å². The lowest BCUT2D eigenvalue weighted by Gasteiger charge is -2.37. The molecule has 3 heterocycles. The van der Waals surface area contributed by atoms with Crippen LogP contribution in [-0.2, 0) is 25.5 Å². The number of anilines is 2. The van der Waals surface area contributed by atoms with Crippen LogP contribution in [0.1, 0.15) is 38.7 Å². The summed E-state index contributed by atoms with van der Waals surface area (Å²) >= 11 is 0. The van der Waals surface area contributed by atoms with E-state index in [1.807, 2.05) is 86.6 Å². The monoisotopic (exact) mass is 647 g/mol. The number of nitrogens with zero attached hydrogens (tertiary/aromatic N) is 1. The lowest BCUT2D eigenvalue weighted by molar-refractivity contribution is -0.148. The zero-order valence-electron chi connectivity index (χ0n) is 27.2. The van der Waals surface area contributed by atoms with Crippen LogP contribution in [-0.4, -0.2) is 64.2 Å². The normalized spacial score (nSPS) is 26.4. The standard InChI is InChI=1S/C39H41N3O6/c1-3-38-20-21-39(48-38)33(32(38)35(44)40-28-16-18-31(19-17-28)47-4-2)37(46)42(30(24-43)22-25-10-6-5-7-11-25)34(39)36(45)41-29-15-14-26-12-8-9-13-27(26)23-29/h5-19,23,30,32-34,43H,3-4,20-22,24H2,1-2H3,(H,40,44)(H,41,45)/t30-,32+,33+,34?,38-,39?/m1/s1. The number of carbonyl (C=O) groups is 3. The van der Waals surface area contributed by atoms with Crippen molar-refractivity contribution in [3.8, 4) is 5.75 Å². The number of carbonyl (C=O) groups excluding carboxylic acids is 3. The van der Waals surface area contributed by atoms with Crippen molar-refractivity contribution in [2.75, 3.05) is 23.8 Å². The zero-order chi connectivity index (χ0) is 33.5. The number of amides is 3. The van der Waals surface area contributed by atoms with Gasteiger partial charge >= 0.3 is 0 Å². The Kier molecular flexibility index (Phi) is 8.43. The summed E-state index contributed by atoms with van der Waals surface area (Å²) in [4.78, 5) is 45.1. The molecule has 4 aromatic rings. The van der Waals surface area contributed by atoms with Crippen LogP contribution < -0.4 is 15.4 Å². The minimum absolute atomic E-state index is 0.319. The van der Waals surface area contributed by atoms with Crippen molar-refractivity contribution in [2.45, 2.75) is 62.8 Å². The minimum Gasteiger partial charge on any atom is -0.494 e. The lowest BCUT2D eigenvalue weighted by atomic mass is 9.65.